The predicted octanol–water partition coefficient (Wildman–Crippen LogP) is 2.30. The Labute approximate surface area is 129 Å². The molecule has 0 aliphatic carbocycles. The molecule has 0 atom stereocenters. The normalized spacial score (nSPS) is 10.8. The lowest BCUT2D eigenvalue weighted by Crippen LogP contribution is -2.14. The molecule has 6 nitrogen and oxygen atoms in total. The van der Waals surface area contributed by atoms with Crippen molar-refractivity contribution >= 4 is 29.1 Å². The molecule has 112 valence electrons. The molecule has 0 aliphatic rings. The van der Waals surface area contributed by atoms with Crippen LogP contribution in [0.4, 0.5) is 10.1 Å². The van der Waals surface area contributed by atoms with Crippen LogP contribution in [-0.2, 0) is 4.79 Å². The van der Waals surface area contributed by atoms with Crippen molar-refractivity contribution in [3.05, 3.63) is 48.2 Å². The van der Waals surface area contributed by atoms with E-state index in [1.165, 1.54) is 30.2 Å². The van der Waals surface area contributed by atoms with Gasteiger partial charge in [-0.3, -0.25) is 4.79 Å². The van der Waals surface area contributed by atoms with Gasteiger partial charge < -0.3 is 5.32 Å². The fourth-order valence-electron chi connectivity index (χ4n) is 1.90. The molecule has 0 unspecified atom stereocenters. The second-order valence-corrected chi connectivity index (χ2v) is 5.55. The van der Waals surface area contributed by atoms with E-state index < -0.39 is 0 Å². The highest BCUT2D eigenvalue weighted by Crippen LogP contribution is 2.19. The highest BCUT2D eigenvalue weighted by atomic mass is 32.2. The topological polar surface area (TPSA) is 72.2 Å². The quantitative estimate of drug-likeness (QED) is 0.590. The standard InChI is InChI=1S/C14H12FN5OS/c1-9-5-13(20-14(18-9)16-8-17-20)22-7-12(21)19-11-4-2-3-10(15)6-11/h2-6,8H,7H2,1H3,(H,19,21). The Morgan fingerprint density at radius 1 is 1.41 bits per heavy atom. The number of hydrogen-bond donors (Lipinski definition) is 1. The van der Waals surface area contributed by atoms with Crippen LogP contribution in [0.2, 0.25) is 0 Å². The summed E-state index contributed by atoms with van der Waals surface area (Å²) in [4.78, 5) is 20.2. The van der Waals surface area contributed by atoms with E-state index in [9.17, 15) is 9.18 Å². The molecule has 8 heteroatoms. The molecule has 0 spiro atoms. The second kappa shape index (κ2) is 6.10. The Hall–Kier alpha value is -2.48. The Kier molecular flexibility index (Phi) is 4.01. The van der Waals surface area contributed by atoms with Gasteiger partial charge in [0.2, 0.25) is 5.91 Å². The monoisotopic (exact) mass is 317 g/mol. The lowest BCUT2D eigenvalue weighted by atomic mass is 10.3. The van der Waals surface area contributed by atoms with Crippen LogP contribution in [0, 0.1) is 12.7 Å². The average molecular weight is 317 g/mol. The van der Waals surface area contributed by atoms with Gasteiger partial charge in [-0.25, -0.2) is 9.37 Å². The first-order chi connectivity index (χ1) is 10.6. The Bertz CT molecular complexity index is 835. The van der Waals surface area contributed by atoms with Gasteiger partial charge in [-0.05, 0) is 31.2 Å². The molecule has 3 aromatic rings. The lowest BCUT2D eigenvalue weighted by molar-refractivity contribution is -0.113. The van der Waals surface area contributed by atoms with E-state index in [0.717, 1.165) is 10.7 Å². The number of aromatic nitrogens is 4. The minimum Gasteiger partial charge on any atom is -0.325 e. The highest BCUT2D eigenvalue weighted by molar-refractivity contribution is 7.99. The van der Waals surface area contributed by atoms with Crippen LogP contribution in [-0.4, -0.2) is 31.2 Å². The van der Waals surface area contributed by atoms with Crippen molar-refractivity contribution in [2.45, 2.75) is 11.9 Å². The largest absolute Gasteiger partial charge is 0.325 e. The first-order valence-electron chi connectivity index (χ1n) is 6.47. The van der Waals surface area contributed by atoms with E-state index in [-0.39, 0.29) is 17.5 Å². The molecule has 2 aromatic heterocycles. The van der Waals surface area contributed by atoms with Gasteiger partial charge in [0.25, 0.3) is 5.78 Å². The number of halogens is 1. The first kappa shape index (κ1) is 14.5. The van der Waals surface area contributed by atoms with E-state index in [2.05, 4.69) is 20.4 Å². The van der Waals surface area contributed by atoms with Crippen LogP contribution in [0.3, 0.4) is 0 Å². The summed E-state index contributed by atoms with van der Waals surface area (Å²) in [5.74, 6) is 0.0560. The fourth-order valence-corrected chi connectivity index (χ4v) is 2.76. The maximum Gasteiger partial charge on any atom is 0.253 e. The smallest absolute Gasteiger partial charge is 0.253 e. The van der Waals surface area contributed by atoms with Crippen LogP contribution in [0.15, 0.2) is 41.7 Å². The number of amides is 1. The van der Waals surface area contributed by atoms with Gasteiger partial charge >= 0.3 is 0 Å². The van der Waals surface area contributed by atoms with Gasteiger partial charge in [0.05, 0.1) is 5.75 Å². The summed E-state index contributed by atoms with van der Waals surface area (Å²) in [7, 11) is 0. The van der Waals surface area contributed by atoms with E-state index in [1.54, 1.807) is 16.6 Å². The molecule has 1 aromatic carbocycles. The van der Waals surface area contributed by atoms with E-state index in [1.807, 2.05) is 13.0 Å². The third-order valence-corrected chi connectivity index (χ3v) is 3.80. The zero-order valence-electron chi connectivity index (χ0n) is 11.7. The van der Waals surface area contributed by atoms with Gasteiger partial charge in [-0.1, -0.05) is 17.8 Å². The van der Waals surface area contributed by atoms with E-state index in [4.69, 9.17) is 0 Å². The van der Waals surface area contributed by atoms with Crippen LogP contribution in [0.1, 0.15) is 5.69 Å². The molecular formula is C14H12FN5OS. The van der Waals surface area contributed by atoms with Crippen LogP contribution in [0.5, 0.6) is 0 Å². The number of anilines is 1. The van der Waals surface area contributed by atoms with Crippen molar-refractivity contribution in [3.8, 4) is 0 Å². The molecule has 3 rings (SSSR count). The number of fused-ring (bicyclic) bond motifs is 1. The predicted molar refractivity (Wildman–Crippen MR) is 81.3 cm³/mol. The molecule has 0 bridgehead atoms. The van der Waals surface area contributed by atoms with Crippen molar-refractivity contribution in [2.24, 2.45) is 0 Å². The number of benzene rings is 1. The Morgan fingerprint density at radius 3 is 3.09 bits per heavy atom. The molecule has 22 heavy (non-hydrogen) atoms. The Morgan fingerprint density at radius 2 is 2.27 bits per heavy atom. The summed E-state index contributed by atoms with van der Waals surface area (Å²) in [6.45, 7) is 1.85. The number of carbonyl (C=O) groups is 1. The third-order valence-electron chi connectivity index (χ3n) is 2.81. The molecule has 0 saturated heterocycles. The maximum atomic E-state index is 13.1. The summed E-state index contributed by atoms with van der Waals surface area (Å²) in [6.07, 6.45) is 1.42. The molecule has 0 aliphatic heterocycles. The molecule has 0 radical (unpaired) electrons. The summed E-state index contributed by atoms with van der Waals surface area (Å²) in [5.41, 5.74) is 1.23. The SMILES string of the molecule is Cc1cc(SCC(=O)Nc2cccc(F)c2)n2ncnc2n1. The van der Waals surface area contributed by atoms with Crippen molar-refractivity contribution in [1.82, 2.24) is 19.6 Å². The van der Waals surface area contributed by atoms with Gasteiger partial charge in [-0.15, -0.1) is 0 Å². The van der Waals surface area contributed by atoms with Crippen molar-refractivity contribution in [1.29, 1.82) is 0 Å². The molecule has 1 N–H and O–H groups in total. The number of nitrogens with one attached hydrogen (secondary N) is 1. The van der Waals surface area contributed by atoms with Gasteiger partial charge in [0.15, 0.2) is 0 Å². The van der Waals surface area contributed by atoms with E-state index >= 15 is 0 Å². The Balaban J connectivity index is 1.68. The highest BCUT2D eigenvalue weighted by Gasteiger charge is 2.09. The summed E-state index contributed by atoms with van der Waals surface area (Å²) in [5, 5.41) is 7.50. The number of hydrogen-bond acceptors (Lipinski definition) is 5. The zero-order valence-corrected chi connectivity index (χ0v) is 12.5. The van der Waals surface area contributed by atoms with Gasteiger partial charge in [0, 0.05) is 11.4 Å². The summed E-state index contributed by atoms with van der Waals surface area (Å²) >= 11 is 1.31. The minimum absolute atomic E-state index is 0.176. The van der Waals surface area contributed by atoms with Crippen molar-refractivity contribution in [2.75, 3.05) is 11.1 Å². The van der Waals surface area contributed by atoms with Gasteiger partial charge in [-0.2, -0.15) is 14.6 Å². The third kappa shape index (κ3) is 3.22. The number of carbonyl (C=O) groups excluding carboxylic acids is 1. The molecule has 0 saturated carbocycles. The molecule has 2 heterocycles. The van der Waals surface area contributed by atoms with Crippen molar-refractivity contribution in [3.63, 3.8) is 0 Å². The van der Waals surface area contributed by atoms with Crippen LogP contribution in [0.25, 0.3) is 5.78 Å². The summed E-state index contributed by atoms with van der Waals surface area (Å²) in [6, 6.07) is 7.61. The summed E-state index contributed by atoms with van der Waals surface area (Å²) < 4.78 is 14.6. The van der Waals surface area contributed by atoms with Crippen LogP contribution >= 0.6 is 11.8 Å². The van der Waals surface area contributed by atoms with E-state index in [0.29, 0.717) is 11.5 Å². The zero-order chi connectivity index (χ0) is 15.5. The van der Waals surface area contributed by atoms with Gasteiger partial charge in [0.1, 0.15) is 17.2 Å². The number of nitrogens with zero attached hydrogens (tertiary/aromatic N) is 4. The second-order valence-electron chi connectivity index (χ2n) is 4.55. The van der Waals surface area contributed by atoms with Crippen molar-refractivity contribution < 1.29 is 9.18 Å². The fraction of sp³-hybridized carbons (Fsp3) is 0.143. The number of aryl methyl sites for hydroxylation is 1. The molecule has 0 fully saturated rings. The lowest BCUT2D eigenvalue weighted by Gasteiger charge is -2.06. The maximum absolute atomic E-state index is 13.1. The average Bonchev–Trinajstić information content (AvgIpc) is 2.93. The molecular weight excluding hydrogens is 305 g/mol. The van der Waals surface area contributed by atoms with Crippen LogP contribution < -0.4 is 5.32 Å². The minimum atomic E-state index is -0.389. The first-order valence-corrected chi connectivity index (χ1v) is 7.46. The number of rotatable bonds is 4. The molecule has 1 amide bonds. The number of thioether (sulfide) groups is 1.